The van der Waals surface area contributed by atoms with Crippen LogP contribution in [-0.4, -0.2) is 44.3 Å². The number of carbonyl (C=O) groups is 3. The van der Waals surface area contributed by atoms with E-state index in [1.807, 2.05) is 24.3 Å². The molecule has 1 fully saturated rings. The smallest absolute Gasteiger partial charge is 0.344 e. The van der Waals surface area contributed by atoms with Crippen LogP contribution < -0.4 is 10.7 Å². The van der Waals surface area contributed by atoms with E-state index in [2.05, 4.69) is 36.9 Å². The summed E-state index contributed by atoms with van der Waals surface area (Å²) in [4.78, 5) is 36.2. The van der Waals surface area contributed by atoms with Crippen molar-refractivity contribution < 1.29 is 18.8 Å². The van der Waals surface area contributed by atoms with Crippen LogP contribution in [0, 0.1) is 0 Å². The second-order valence-corrected chi connectivity index (χ2v) is 7.71. The maximum atomic E-state index is 12.2. The highest BCUT2D eigenvalue weighted by molar-refractivity contribution is 9.10. The summed E-state index contributed by atoms with van der Waals surface area (Å²) in [6.45, 7) is 3.38. The van der Waals surface area contributed by atoms with Gasteiger partial charge in [-0.05, 0) is 41.4 Å². The van der Waals surface area contributed by atoms with Gasteiger partial charge in [0.1, 0.15) is 5.54 Å². The van der Waals surface area contributed by atoms with E-state index in [0.29, 0.717) is 17.3 Å². The molecular formula is C16H16BrN5O4S. The maximum Gasteiger partial charge on any atom is 0.344 e. The van der Waals surface area contributed by atoms with E-state index >= 15 is 0 Å². The Morgan fingerprint density at radius 3 is 2.78 bits per heavy atom. The molecule has 1 aromatic carbocycles. The maximum absolute atomic E-state index is 12.2. The van der Waals surface area contributed by atoms with Gasteiger partial charge in [0.25, 0.3) is 11.1 Å². The van der Waals surface area contributed by atoms with Gasteiger partial charge in [-0.25, -0.2) is 4.79 Å². The van der Waals surface area contributed by atoms with Gasteiger partial charge in [0.15, 0.2) is 0 Å². The van der Waals surface area contributed by atoms with Crippen molar-refractivity contribution in [1.29, 1.82) is 0 Å². The number of halogens is 1. The van der Waals surface area contributed by atoms with Crippen molar-refractivity contribution in [3.8, 4) is 11.5 Å². The summed E-state index contributed by atoms with van der Waals surface area (Å²) < 4.78 is 6.34. The number of nitrogens with zero attached hydrogens (tertiary/aromatic N) is 3. The monoisotopic (exact) mass is 453 g/mol. The molecule has 1 aromatic heterocycles. The number of nitrogens with one attached hydrogen (secondary N) is 2. The van der Waals surface area contributed by atoms with Gasteiger partial charge in [0.2, 0.25) is 11.8 Å². The Kier molecular flexibility index (Phi) is 5.51. The van der Waals surface area contributed by atoms with Crippen LogP contribution in [0.1, 0.15) is 20.3 Å². The van der Waals surface area contributed by atoms with Crippen LogP contribution in [0.25, 0.3) is 11.5 Å². The second kappa shape index (κ2) is 7.69. The van der Waals surface area contributed by atoms with Crippen LogP contribution in [-0.2, 0) is 9.59 Å². The molecule has 0 aliphatic carbocycles. The van der Waals surface area contributed by atoms with Crippen molar-refractivity contribution in [2.45, 2.75) is 31.0 Å². The van der Waals surface area contributed by atoms with Gasteiger partial charge in [0, 0.05) is 4.47 Å². The summed E-state index contributed by atoms with van der Waals surface area (Å²) in [5.41, 5.74) is 2.02. The molecule has 11 heteroatoms. The Balaban J connectivity index is 1.58. The van der Waals surface area contributed by atoms with E-state index in [0.717, 1.165) is 21.8 Å². The molecule has 2 N–H and O–H groups in total. The van der Waals surface area contributed by atoms with Gasteiger partial charge in [-0.3, -0.25) is 15.0 Å². The van der Waals surface area contributed by atoms with Crippen LogP contribution in [0.4, 0.5) is 4.79 Å². The number of benzene rings is 1. The van der Waals surface area contributed by atoms with Crippen LogP contribution in [0.5, 0.6) is 0 Å². The molecule has 0 spiro atoms. The zero-order valence-corrected chi connectivity index (χ0v) is 16.9. The lowest BCUT2D eigenvalue weighted by molar-refractivity contribution is -0.137. The zero-order chi connectivity index (χ0) is 19.6. The van der Waals surface area contributed by atoms with E-state index in [1.165, 1.54) is 0 Å². The molecule has 1 saturated heterocycles. The van der Waals surface area contributed by atoms with Crippen LogP contribution in [0.3, 0.4) is 0 Å². The third-order valence-electron chi connectivity index (χ3n) is 4.04. The average molecular weight is 454 g/mol. The summed E-state index contributed by atoms with van der Waals surface area (Å²) >= 11 is 4.41. The van der Waals surface area contributed by atoms with Crippen molar-refractivity contribution in [1.82, 2.24) is 25.9 Å². The molecule has 2 aromatic rings. The number of rotatable bonds is 6. The van der Waals surface area contributed by atoms with Gasteiger partial charge < -0.3 is 9.73 Å². The van der Waals surface area contributed by atoms with Gasteiger partial charge in [-0.15, -0.1) is 10.2 Å². The summed E-state index contributed by atoms with van der Waals surface area (Å²) in [5.74, 6) is -0.817. The molecule has 0 saturated carbocycles. The fourth-order valence-corrected chi connectivity index (χ4v) is 3.33. The summed E-state index contributed by atoms with van der Waals surface area (Å²) in [7, 11) is 0. The molecule has 4 amide bonds. The first kappa shape index (κ1) is 19.4. The number of aromatic nitrogens is 2. The minimum atomic E-state index is -1.01. The van der Waals surface area contributed by atoms with Gasteiger partial charge in [-0.1, -0.05) is 30.8 Å². The largest absolute Gasteiger partial charge is 0.411 e. The number of carbonyl (C=O) groups excluding carboxylic acids is 3. The molecule has 142 valence electrons. The summed E-state index contributed by atoms with van der Waals surface area (Å²) in [6.07, 6.45) is 0.415. The van der Waals surface area contributed by atoms with Gasteiger partial charge in [-0.2, -0.15) is 5.01 Å². The van der Waals surface area contributed by atoms with E-state index in [-0.39, 0.29) is 11.0 Å². The molecule has 1 aliphatic rings. The molecule has 9 nitrogen and oxygen atoms in total. The molecule has 1 atom stereocenters. The minimum absolute atomic E-state index is 0.0997. The first-order valence-electron chi connectivity index (χ1n) is 8.01. The molecule has 0 bridgehead atoms. The highest BCUT2D eigenvalue weighted by Gasteiger charge is 2.47. The van der Waals surface area contributed by atoms with Gasteiger partial charge >= 0.3 is 6.03 Å². The van der Waals surface area contributed by atoms with Gasteiger partial charge in [0.05, 0.1) is 11.3 Å². The molecule has 0 radical (unpaired) electrons. The lowest BCUT2D eigenvalue weighted by atomic mass is 10.00. The van der Waals surface area contributed by atoms with E-state index in [4.69, 9.17) is 4.42 Å². The van der Waals surface area contributed by atoms with Crippen molar-refractivity contribution in [3.05, 3.63) is 28.7 Å². The highest BCUT2D eigenvalue weighted by Crippen LogP contribution is 2.29. The fourth-order valence-electron chi connectivity index (χ4n) is 2.32. The molecule has 2 heterocycles. The minimum Gasteiger partial charge on any atom is -0.411 e. The van der Waals surface area contributed by atoms with Crippen LogP contribution in [0.15, 0.2) is 38.4 Å². The normalized spacial score (nSPS) is 19.3. The number of hydrazine groups is 1. The Bertz CT molecular complexity index is 904. The quantitative estimate of drug-likeness (QED) is 0.508. The number of hydrogen-bond acceptors (Lipinski definition) is 7. The molecule has 1 aliphatic heterocycles. The number of hydrogen-bond donors (Lipinski definition) is 2. The topological polar surface area (TPSA) is 117 Å². The van der Waals surface area contributed by atoms with Crippen molar-refractivity contribution in [3.63, 3.8) is 0 Å². The first-order chi connectivity index (χ1) is 12.8. The number of amides is 4. The predicted octanol–water partition coefficient (Wildman–Crippen LogP) is 2.34. The third kappa shape index (κ3) is 3.98. The van der Waals surface area contributed by atoms with Crippen molar-refractivity contribution in [2.24, 2.45) is 0 Å². The summed E-state index contributed by atoms with van der Waals surface area (Å²) in [5, 5.41) is 11.3. The lowest BCUT2D eigenvalue weighted by Crippen LogP contribution is -2.49. The molecule has 3 rings (SSSR count). The third-order valence-corrected chi connectivity index (χ3v) is 5.55. The Morgan fingerprint density at radius 2 is 2.11 bits per heavy atom. The summed E-state index contributed by atoms with van der Waals surface area (Å²) in [6, 6.07) is 6.72. The Hall–Kier alpha value is -2.40. The van der Waals surface area contributed by atoms with E-state index < -0.39 is 23.4 Å². The molecule has 27 heavy (non-hydrogen) atoms. The average Bonchev–Trinajstić information content (AvgIpc) is 3.20. The molecular weight excluding hydrogens is 438 g/mol. The Morgan fingerprint density at radius 1 is 1.37 bits per heavy atom. The highest BCUT2D eigenvalue weighted by atomic mass is 79.9. The predicted molar refractivity (Wildman–Crippen MR) is 100 cm³/mol. The lowest BCUT2D eigenvalue weighted by Gasteiger charge is -2.19. The van der Waals surface area contributed by atoms with Crippen molar-refractivity contribution in [2.75, 3.05) is 5.75 Å². The number of thioether (sulfide) groups is 1. The Labute approximate surface area is 167 Å². The number of urea groups is 1. The van der Waals surface area contributed by atoms with E-state index in [9.17, 15) is 14.4 Å². The zero-order valence-electron chi connectivity index (χ0n) is 14.5. The van der Waals surface area contributed by atoms with Crippen LogP contribution >= 0.6 is 27.7 Å². The van der Waals surface area contributed by atoms with Crippen molar-refractivity contribution >= 4 is 45.5 Å². The molecule has 0 unspecified atom stereocenters. The SMILES string of the molecule is CC[C@@]1(C)NC(=O)N(NC(=O)CSc2nnc(-c3ccccc3Br)o2)C1=O. The number of imide groups is 1. The standard InChI is InChI=1S/C16H16BrN5O4S/c1-3-16(2)13(24)22(14(25)18-16)21-11(23)8-27-15-20-19-12(26-15)9-6-4-5-7-10(9)17/h4-7H,3,8H2,1-2H3,(H,18,25)(H,21,23)/t16-/m1/s1. The second-order valence-electron chi connectivity index (χ2n) is 5.93. The van der Waals surface area contributed by atoms with Crippen LogP contribution in [0.2, 0.25) is 0 Å². The fraction of sp³-hybridized carbons (Fsp3) is 0.312. The van der Waals surface area contributed by atoms with E-state index in [1.54, 1.807) is 13.8 Å². The first-order valence-corrected chi connectivity index (χ1v) is 9.79.